The van der Waals surface area contributed by atoms with Gasteiger partial charge in [0, 0.05) is 12.0 Å². The summed E-state index contributed by atoms with van der Waals surface area (Å²) in [6.45, 7) is 11.2. The molecule has 0 amide bonds. The number of aliphatic hydroxyl groups is 1. The van der Waals surface area contributed by atoms with Crippen LogP contribution in [0.3, 0.4) is 0 Å². The van der Waals surface area contributed by atoms with Crippen LogP contribution in [-0.4, -0.2) is 41.1 Å². The number of allylic oxidation sites excluding steroid dienone is 2. The van der Waals surface area contributed by atoms with Crippen molar-refractivity contribution >= 4 is 17.7 Å². The molecule has 3 rings (SSSR count). The minimum absolute atomic E-state index is 0.0965. The first-order chi connectivity index (χ1) is 12.1. The Morgan fingerprint density at radius 3 is 2.69 bits per heavy atom. The topological polar surface area (TPSA) is 89.9 Å². The zero-order valence-electron chi connectivity index (χ0n) is 15.6. The molecular weight excluding hydrogens is 336 g/mol. The third-order valence-corrected chi connectivity index (χ3v) is 6.13. The van der Waals surface area contributed by atoms with Crippen molar-refractivity contribution in [2.75, 3.05) is 0 Å². The average Bonchev–Trinajstić information content (AvgIpc) is 2.99. The van der Waals surface area contributed by atoms with Crippen LogP contribution in [0.15, 0.2) is 24.3 Å². The fourth-order valence-corrected chi connectivity index (χ4v) is 4.63. The Hall–Kier alpha value is -1.95. The van der Waals surface area contributed by atoms with E-state index >= 15 is 0 Å². The van der Waals surface area contributed by atoms with Gasteiger partial charge in [0.25, 0.3) is 0 Å². The van der Waals surface area contributed by atoms with E-state index in [2.05, 4.69) is 6.58 Å². The lowest BCUT2D eigenvalue weighted by atomic mass is 9.67. The first-order valence-electron chi connectivity index (χ1n) is 9.09. The van der Waals surface area contributed by atoms with E-state index in [1.165, 1.54) is 6.08 Å². The fraction of sp³-hybridized carbons (Fsp3) is 0.650. The zero-order valence-corrected chi connectivity index (χ0v) is 15.6. The van der Waals surface area contributed by atoms with Crippen LogP contribution in [0.5, 0.6) is 0 Å². The average molecular weight is 362 g/mol. The van der Waals surface area contributed by atoms with Crippen LogP contribution in [-0.2, 0) is 23.9 Å². The van der Waals surface area contributed by atoms with Crippen LogP contribution < -0.4 is 0 Å². The highest BCUT2D eigenvalue weighted by Crippen LogP contribution is 2.54. The maximum Gasteiger partial charge on any atom is 0.334 e. The molecule has 0 aromatic carbocycles. The van der Waals surface area contributed by atoms with Crippen molar-refractivity contribution < 1.29 is 29.0 Å². The van der Waals surface area contributed by atoms with Gasteiger partial charge < -0.3 is 14.6 Å². The normalized spacial score (nSPS) is 41.7. The van der Waals surface area contributed by atoms with E-state index in [4.69, 9.17) is 9.47 Å². The molecule has 0 aromatic heterocycles. The Morgan fingerprint density at radius 1 is 1.42 bits per heavy atom. The second kappa shape index (κ2) is 6.34. The van der Waals surface area contributed by atoms with Crippen LogP contribution in [0.2, 0.25) is 0 Å². The third-order valence-electron chi connectivity index (χ3n) is 6.13. The van der Waals surface area contributed by atoms with E-state index in [-0.39, 0.29) is 35.5 Å². The Bertz CT molecular complexity index is 692. The van der Waals surface area contributed by atoms with Crippen molar-refractivity contribution in [2.24, 2.45) is 29.1 Å². The van der Waals surface area contributed by atoms with Crippen molar-refractivity contribution in [3.63, 3.8) is 0 Å². The minimum Gasteiger partial charge on any atom is -0.460 e. The van der Waals surface area contributed by atoms with Crippen molar-refractivity contribution in [1.29, 1.82) is 0 Å². The van der Waals surface area contributed by atoms with Gasteiger partial charge in [-0.2, -0.15) is 0 Å². The maximum absolute atomic E-state index is 12.8. The summed E-state index contributed by atoms with van der Waals surface area (Å²) in [4.78, 5) is 37.4. The molecule has 0 aromatic rings. The van der Waals surface area contributed by atoms with Crippen molar-refractivity contribution in [3.8, 4) is 0 Å². The molecule has 0 radical (unpaired) electrons. The zero-order chi connectivity index (χ0) is 19.4. The SMILES string of the molecule is C=C1C(=O)OC2C(O)C(C)C3C=CC(=O)C3(C)C(OC(=O)CC(C)C)C12. The van der Waals surface area contributed by atoms with Gasteiger partial charge in [0.05, 0.1) is 17.4 Å². The van der Waals surface area contributed by atoms with Gasteiger partial charge in [-0.05, 0) is 30.8 Å². The van der Waals surface area contributed by atoms with Gasteiger partial charge in [-0.3, -0.25) is 9.59 Å². The summed E-state index contributed by atoms with van der Waals surface area (Å²) in [5, 5.41) is 10.8. The molecule has 1 aliphatic heterocycles. The molecule has 142 valence electrons. The predicted octanol–water partition coefficient (Wildman–Crippen LogP) is 1.81. The number of fused-ring (bicyclic) bond motifs is 2. The van der Waals surface area contributed by atoms with Crippen molar-refractivity contribution in [2.45, 2.75) is 52.4 Å². The molecule has 0 spiro atoms. The molecule has 7 atom stereocenters. The Kier molecular flexibility index (Phi) is 4.59. The number of esters is 2. The van der Waals surface area contributed by atoms with E-state index in [0.717, 1.165) is 0 Å². The van der Waals surface area contributed by atoms with E-state index in [9.17, 15) is 19.5 Å². The highest BCUT2D eigenvalue weighted by molar-refractivity contribution is 5.99. The number of carbonyl (C=O) groups excluding carboxylic acids is 3. The molecule has 1 saturated carbocycles. The minimum atomic E-state index is -1.07. The van der Waals surface area contributed by atoms with Gasteiger partial charge in [0.2, 0.25) is 0 Å². The van der Waals surface area contributed by atoms with Crippen LogP contribution in [0.4, 0.5) is 0 Å². The summed E-state index contributed by atoms with van der Waals surface area (Å²) >= 11 is 0. The molecule has 0 bridgehead atoms. The molecule has 3 aliphatic rings. The highest BCUT2D eigenvalue weighted by atomic mass is 16.6. The lowest BCUT2D eigenvalue weighted by molar-refractivity contribution is -0.165. The van der Waals surface area contributed by atoms with Gasteiger partial charge >= 0.3 is 11.9 Å². The molecule has 7 unspecified atom stereocenters. The number of hydrogen-bond acceptors (Lipinski definition) is 6. The summed E-state index contributed by atoms with van der Waals surface area (Å²) in [6.07, 6.45) is 0.700. The van der Waals surface area contributed by atoms with Gasteiger partial charge in [-0.25, -0.2) is 4.79 Å². The monoisotopic (exact) mass is 362 g/mol. The second-order valence-corrected chi connectivity index (χ2v) is 8.31. The summed E-state index contributed by atoms with van der Waals surface area (Å²) in [5.41, 5.74) is -0.922. The molecule has 2 aliphatic carbocycles. The Labute approximate surface area is 153 Å². The van der Waals surface area contributed by atoms with Crippen LogP contribution in [0.1, 0.15) is 34.1 Å². The Morgan fingerprint density at radius 2 is 2.08 bits per heavy atom. The first kappa shape index (κ1) is 18.8. The van der Waals surface area contributed by atoms with E-state index < -0.39 is 41.6 Å². The van der Waals surface area contributed by atoms with Gasteiger partial charge in [-0.15, -0.1) is 0 Å². The third kappa shape index (κ3) is 2.62. The van der Waals surface area contributed by atoms with Gasteiger partial charge in [-0.1, -0.05) is 33.4 Å². The smallest absolute Gasteiger partial charge is 0.334 e. The number of hydrogen-bond donors (Lipinski definition) is 1. The molecule has 1 saturated heterocycles. The number of carbonyl (C=O) groups is 3. The van der Waals surface area contributed by atoms with Crippen LogP contribution in [0.25, 0.3) is 0 Å². The van der Waals surface area contributed by atoms with Gasteiger partial charge in [0.15, 0.2) is 5.78 Å². The quantitative estimate of drug-likeness (QED) is 0.608. The number of rotatable bonds is 3. The number of ketones is 1. The summed E-state index contributed by atoms with van der Waals surface area (Å²) in [6, 6.07) is 0. The molecule has 26 heavy (non-hydrogen) atoms. The fourth-order valence-electron chi connectivity index (χ4n) is 4.63. The summed E-state index contributed by atoms with van der Waals surface area (Å²) < 4.78 is 11.2. The van der Waals surface area contributed by atoms with E-state index in [0.29, 0.717) is 0 Å². The van der Waals surface area contributed by atoms with Crippen LogP contribution >= 0.6 is 0 Å². The molecule has 2 fully saturated rings. The van der Waals surface area contributed by atoms with Crippen molar-refractivity contribution in [1.82, 2.24) is 0 Å². The Balaban J connectivity index is 2.08. The maximum atomic E-state index is 12.8. The lowest BCUT2D eigenvalue weighted by Crippen LogP contribution is -2.49. The molecule has 6 heteroatoms. The summed E-state index contributed by atoms with van der Waals surface area (Å²) in [7, 11) is 0. The molecule has 1 heterocycles. The second-order valence-electron chi connectivity index (χ2n) is 8.31. The first-order valence-corrected chi connectivity index (χ1v) is 9.09. The summed E-state index contributed by atoms with van der Waals surface area (Å²) in [5.74, 6) is -2.52. The standard InChI is InChI=1S/C20H26O6/c1-9(2)8-14(22)25-18-15-11(4)19(24)26-17(15)16(23)10(3)12-6-7-13(21)20(12,18)5/h6-7,9-10,12,15-18,23H,4,8H2,1-3,5H3. The lowest BCUT2D eigenvalue weighted by Gasteiger charge is -2.39. The van der Waals surface area contributed by atoms with E-state index in [1.54, 1.807) is 13.0 Å². The largest absolute Gasteiger partial charge is 0.460 e. The molecule has 1 N–H and O–H groups in total. The number of aliphatic hydroxyl groups excluding tert-OH is 1. The van der Waals surface area contributed by atoms with Gasteiger partial charge in [0.1, 0.15) is 12.2 Å². The van der Waals surface area contributed by atoms with E-state index in [1.807, 2.05) is 20.8 Å². The predicted molar refractivity (Wildman–Crippen MR) is 92.8 cm³/mol. The van der Waals surface area contributed by atoms with Crippen LogP contribution in [0, 0.1) is 29.1 Å². The molecular formula is C20H26O6. The van der Waals surface area contributed by atoms with Crippen molar-refractivity contribution in [3.05, 3.63) is 24.3 Å². The highest BCUT2D eigenvalue weighted by Gasteiger charge is 2.64. The number of ether oxygens (including phenoxy) is 2. The molecule has 6 nitrogen and oxygen atoms in total.